The van der Waals surface area contributed by atoms with Crippen LogP contribution >= 0.6 is 0 Å². The number of hydrogen-bond acceptors (Lipinski definition) is 2. The summed E-state index contributed by atoms with van der Waals surface area (Å²) in [6.45, 7) is 4.08. The van der Waals surface area contributed by atoms with E-state index in [0.717, 1.165) is 25.3 Å². The maximum Gasteiger partial charge on any atom is 0.110 e. The van der Waals surface area contributed by atoms with E-state index in [1.54, 1.807) is 0 Å². The van der Waals surface area contributed by atoms with Crippen LogP contribution in [0.2, 0.25) is 0 Å². The number of rotatable bonds is 1. The molecule has 0 radical (unpaired) electrons. The molecule has 2 heterocycles. The summed E-state index contributed by atoms with van der Waals surface area (Å²) >= 11 is 0. The Morgan fingerprint density at radius 1 is 1.38 bits per heavy atom. The minimum absolute atomic E-state index is 0.961. The second kappa shape index (κ2) is 3.76. The second-order valence-electron chi connectivity index (χ2n) is 4.19. The van der Waals surface area contributed by atoms with Crippen molar-refractivity contribution in [2.45, 2.75) is 19.9 Å². The van der Waals surface area contributed by atoms with Gasteiger partial charge in [-0.25, -0.2) is 4.98 Å². The van der Waals surface area contributed by atoms with Crippen LogP contribution in [0.3, 0.4) is 0 Å². The summed E-state index contributed by atoms with van der Waals surface area (Å²) in [5.41, 5.74) is 4.14. The van der Waals surface area contributed by atoms with Gasteiger partial charge in [-0.1, -0.05) is 12.1 Å². The lowest BCUT2D eigenvalue weighted by Gasteiger charge is -2.21. The summed E-state index contributed by atoms with van der Waals surface area (Å²) in [5, 5.41) is 3.43. The summed E-state index contributed by atoms with van der Waals surface area (Å²) in [4.78, 5) is 4.28. The Bertz CT molecular complexity index is 514. The number of fused-ring (bicyclic) bond motifs is 1. The first kappa shape index (κ1) is 9.60. The zero-order valence-electron chi connectivity index (χ0n) is 9.40. The Morgan fingerprint density at radius 3 is 3.12 bits per heavy atom. The average Bonchev–Trinajstić information content (AvgIpc) is 2.75. The molecular formula is C13H15N3. The van der Waals surface area contributed by atoms with Gasteiger partial charge in [0, 0.05) is 18.9 Å². The quantitative estimate of drug-likeness (QED) is 0.783. The van der Waals surface area contributed by atoms with Crippen LogP contribution in [-0.2, 0) is 13.0 Å². The molecule has 0 bridgehead atoms. The van der Waals surface area contributed by atoms with E-state index in [2.05, 4.69) is 33.1 Å². The summed E-state index contributed by atoms with van der Waals surface area (Å²) in [7, 11) is 0. The molecule has 0 fully saturated rings. The molecule has 0 spiro atoms. The Labute approximate surface area is 95.1 Å². The van der Waals surface area contributed by atoms with Crippen LogP contribution in [0.5, 0.6) is 0 Å². The molecule has 0 saturated heterocycles. The van der Waals surface area contributed by atoms with E-state index < -0.39 is 0 Å². The first-order valence-corrected chi connectivity index (χ1v) is 5.68. The lowest BCUT2D eigenvalue weighted by atomic mass is 9.99. The highest BCUT2D eigenvalue weighted by Crippen LogP contribution is 2.22. The smallest absolute Gasteiger partial charge is 0.110 e. The van der Waals surface area contributed by atoms with Crippen molar-refractivity contribution in [3.8, 4) is 5.69 Å². The zero-order chi connectivity index (χ0) is 11.0. The van der Waals surface area contributed by atoms with E-state index in [9.17, 15) is 0 Å². The van der Waals surface area contributed by atoms with Gasteiger partial charge in [-0.3, -0.25) is 0 Å². The number of nitrogens with one attached hydrogen (secondary N) is 1. The largest absolute Gasteiger partial charge is 0.312 e. The summed E-state index contributed by atoms with van der Waals surface area (Å²) in [6, 6.07) is 6.53. The van der Waals surface area contributed by atoms with Crippen molar-refractivity contribution in [3.63, 3.8) is 0 Å². The van der Waals surface area contributed by atoms with Crippen LogP contribution in [-0.4, -0.2) is 16.1 Å². The van der Waals surface area contributed by atoms with Crippen molar-refractivity contribution >= 4 is 0 Å². The molecule has 3 nitrogen and oxygen atoms in total. The van der Waals surface area contributed by atoms with Gasteiger partial charge in [0.15, 0.2) is 0 Å². The molecule has 82 valence electrons. The fourth-order valence-corrected chi connectivity index (χ4v) is 2.35. The molecular weight excluding hydrogens is 198 g/mol. The van der Waals surface area contributed by atoms with Crippen molar-refractivity contribution in [3.05, 3.63) is 47.5 Å². The fraction of sp³-hybridized carbons (Fsp3) is 0.308. The van der Waals surface area contributed by atoms with E-state index >= 15 is 0 Å². The number of aryl methyl sites for hydroxylation is 1. The molecule has 0 aliphatic carbocycles. The third-order valence-electron chi connectivity index (χ3n) is 3.21. The fourth-order valence-electron chi connectivity index (χ4n) is 2.35. The van der Waals surface area contributed by atoms with Crippen LogP contribution in [0.25, 0.3) is 5.69 Å². The average molecular weight is 213 g/mol. The molecule has 1 N–H and O–H groups in total. The summed E-state index contributed by atoms with van der Waals surface area (Å²) in [6.07, 6.45) is 5.00. The van der Waals surface area contributed by atoms with Crippen molar-refractivity contribution in [2.75, 3.05) is 6.54 Å². The molecule has 2 aromatic rings. The third-order valence-corrected chi connectivity index (χ3v) is 3.21. The number of aromatic nitrogens is 2. The van der Waals surface area contributed by atoms with Crippen LogP contribution in [0.4, 0.5) is 0 Å². The van der Waals surface area contributed by atoms with Crippen molar-refractivity contribution in [1.82, 2.24) is 14.9 Å². The Hall–Kier alpha value is -1.61. The zero-order valence-corrected chi connectivity index (χ0v) is 9.40. The first-order valence-electron chi connectivity index (χ1n) is 5.68. The Morgan fingerprint density at radius 2 is 2.31 bits per heavy atom. The molecule has 0 amide bonds. The molecule has 0 atom stereocenters. The predicted molar refractivity (Wildman–Crippen MR) is 63.7 cm³/mol. The van der Waals surface area contributed by atoms with Gasteiger partial charge in [-0.05, 0) is 37.1 Å². The topological polar surface area (TPSA) is 29.9 Å². The van der Waals surface area contributed by atoms with Crippen LogP contribution in [0.15, 0.2) is 30.6 Å². The van der Waals surface area contributed by atoms with Gasteiger partial charge in [0.25, 0.3) is 0 Å². The predicted octanol–water partition coefficient (Wildman–Crippen LogP) is 1.83. The van der Waals surface area contributed by atoms with Gasteiger partial charge in [0.05, 0.1) is 5.69 Å². The minimum Gasteiger partial charge on any atom is -0.312 e. The number of benzene rings is 1. The third kappa shape index (κ3) is 1.44. The van der Waals surface area contributed by atoms with Crippen LogP contribution in [0, 0.1) is 6.92 Å². The van der Waals surface area contributed by atoms with Gasteiger partial charge in [-0.15, -0.1) is 0 Å². The molecule has 1 aliphatic heterocycles. The molecule has 1 aliphatic rings. The molecule has 16 heavy (non-hydrogen) atoms. The Balaban J connectivity index is 2.18. The molecule has 3 rings (SSSR count). The van der Waals surface area contributed by atoms with Gasteiger partial charge in [0.1, 0.15) is 5.82 Å². The first-order chi connectivity index (χ1) is 7.86. The number of hydrogen-bond donors (Lipinski definition) is 1. The van der Waals surface area contributed by atoms with Gasteiger partial charge >= 0.3 is 0 Å². The monoisotopic (exact) mass is 213 g/mol. The highest BCUT2D eigenvalue weighted by molar-refractivity contribution is 5.47. The van der Waals surface area contributed by atoms with Crippen molar-refractivity contribution in [1.29, 1.82) is 0 Å². The lowest BCUT2D eigenvalue weighted by molar-refractivity contribution is 0.639. The maximum absolute atomic E-state index is 4.28. The highest BCUT2D eigenvalue weighted by Gasteiger charge is 2.13. The van der Waals surface area contributed by atoms with E-state index in [-0.39, 0.29) is 0 Å². The standard InChI is InChI=1S/C13H15N3/c1-10-15-7-8-16(10)13-4-2-3-11-5-6-14-9-12(11)13/h2-4,7-8,14H,5-6,9H2,1H3. The molecule has 0 saturated carbocycles. The van der Waals surface area contributed by atoms with Gasteiger partial charge in [0.2, 0.25) is 0 Å². The summed E-state index contributed by atoms with van der Waals surface area (Å²) in [5.74, 6) is 1.04. The molecule has 3 heteroatoms. The van der Waals surface area contributed by atoms with Crippen LogP contribution < -0.4 is 5.32 Å². The van der Waals surface area contributed by atoms with Gasteiger partial charge in [-0.2, -0.15) is 0 Å². The van der Waals surface area contributed by atoms with Gasteiger partial charge < -0.3 is 9.88 Å². The number of imidazole rings is 1. The molecule has 1 aromatic heterocycles. The molecule has 0 unspecified atom stereocenters. The lowest BCUT2D eigenvalue weighted by Crippen LogP contribution is -2.25. The van der Waals surface area contributed by atoms with E-state index in [1.165, 1.54) is 16.8 Å². The van der Waals surface area contributed by atoms with E-state index in [4.69, 9.17) is 0 Å². The minimum atomic E-state index is 0.961. The van der Waals surface area contributed by atoms with Crippen molar-refractivity contribution in [2.24, 2.45) is 0 Å². The molecule has 1 aromatic carbocycles. The van der Waals surface area contributed by atoms with E-state index in [0.29, 0.717) is 0 Å². The van der Waals surface area contributed by atoms with E-state index in [1.807, 2.05) is 19.3 Å². The van der Waals surface area contributed by atoms with Crippen LogP contribution in [0.1, 0.15) is 17.0 Å². The summed E-state index contributed by atoms with van der Waals surface area (Å²) < 4.78 is 2.16. The highest BCUT2D eigenvalue weighted by atomic mass is 15.1. The number of nitrogens with zero attached hydrogens (tertiary/aromatic N) is 2. The Kier molecular flexibility index (Phi) is 2.26. The van der Waals surface area contributed by atoms with Crippen molar-refractivity contribution < 1.29 is 0 Å². The maximum atomic E-state index is 4.28. The second-order valence-corrected chi connectivity index (χ2v) is 4.19. The SMILES string of the molecule is Cc1nccn1-c1cccc2c1CNCC2. The normalized spacial score (nSPS) is 14.8.